The largest absolute Gasteiger partial charge is 0.868 e. The molecule has 8 nitrogen and oxygen atoms in total. The highest BCUT2D eigenvalue weighted by Gasteiger charge is 2.08. The molecule has 0 fully saturated rings. The Bertz CT molecular complexity index is 959. The van der Waals surface area contributed by atoms with Crippen molar-refractivity contribution in [2.24, 2.45) is 5.10 Å². The zero-order valence-electron chi connectivity index (χ0n) is 13.2. The van der Waals surface area contributed by atoms with Crippen molar-refractivity contribution in [1.29, 1.82) is 0 Å². The van der Waals surface area contributed by atoms with E-state index in [9.17, 15) is 15.2 Å². The molecule has 0 unspecified atom stereocenters. The van der Waals surface area contributed by atoms with E-state index in [0.29, 0.717) is 21.5 Å². The molecule has 0 bridgehead atoms. The molecular formula is C16H11ClN5O3S-. The van der Waals surface area contributed by atoms with Gasteiger partial charge in [-0.05, 0) is 23.4 Å². The third-order valence-electron chi connectivity index (χ3n) is 3.29. The summed E-state index contributed by atoms with van der Waals surface area (Å²) in [6.45, 7) is 0. The number of thioether (sulfide) groups is 1. The van der Waals surface area contributed by atoms with Gasteiger partial charge < -0.3 is 5.11 Å². The molecule has 3 rings (SSSR count). The monoisotopic (exact) mass is 388 g/mol. The fourth-order valence-electron chi connectivity index (χ4n) is 2.01. The second-order valence-electron chi connectivity index (χ2n) is 5.10. The number of benzene rings is 2. The number of nitrogens with zero attached hydrogens (tertiary/aromatic N) is 5. The van der Waals surface area contributed by atoms with E-state index in [4.69, 9.17) is 11.6 Å². The van der Waals surface area contributed by atoms with Crippen molar-refractivity contribution >= 4 is 35.3 Å². The normalized spacial score (nSPS) is 11.1. The molecular weight excluding hydrogens is 378 g/mol. The zero-order chi connectivity index (χ0) is 18.5. The number of nitro groups is 1. The van der Waals surface area contributed by atoms with Crippen LogP contribution in [0.1, 0.15) is 11.1 Å². The van der Waals surface area contributed by atoms with Crippen LogP contribution in [0.25, 0.3) is 0 Å². The summed E-state index contributed by atoms with van der Waals surface area (Å²) in [4.78, 5) is 10.1. The molecule has 0 saturated heterocycles. The molecule has 0 spiro atoms. The fraction of sp³-hybridized carbons (Fsp3) is 0.0625. The Hall–Kier alpha value is -2.91. The first-order valence-electron chi connectivity index (χ1n) is 7.30. The van der Waals surface area contributed by atoms with Crippen molar-refractivity contribution < 1.29 is 10.0 Å². The van der Waals surface area contributed by atoms with Gasteiger partial charge in [0.25, 0.3) is 5.69 Å². The van der Waals surface area contributed by atoms with Gasteiger partial charge in [-0.2, -0.15) is 9.78 Å². The van der Waals surface area contributed by atoms with Crippen LogP contribution in [-0.2, 0) is 5.75 Å². The fourth-order valence-corrected chi connectivity index (χ4v) is 2.95. The van der Waals surface area contributed by atoms with Gasteiger partial charge in [0.1, 0.15) is 6.33 Å². The lowest BCUT2D eigenvalue weighted by atomic mass is 10.2. The quantitative estimate of drug-likeness (QED) is 0.278. The van der Waals surface area contributed by atoms with Crippen LogP contribution in [0.4, 0.5) is 5.69 Å². The molecule has 0 amide bonds. The molecule has 0 aliphatic heterocycles. The van der Waals surface area contributed by atoms with Gasteiger partial charge >= 0.3 is 0 Å². The molecule has 0 radical (unpaired) electrons. The summed E-state index contributed by atoms with van der Waals surface area (Å²) in [6, 6.07) is 11.2. The number of rotatable bonds is 6. The minimum atomic E-state index is -0.716. The van der Waals surface area contributed by atoms with Gasteiger partial charge in [0.15, 0.2) is 0 Å². The third-order valence-corrected chi connectivity index (χ3v) is 4.55. The molecule has 3 aromatic rings. The van der Waals surface area contributed by atoms with Crippen LogP contribution in [-0.4, -0.2) is 26.0 Å². The van der Waals surface area contributed by atoms with Crippen LogP contribution in [0.15, 0.2) is 59.0 Å². The molecule has 10 heteroatoms. The van der Waals surface area contributed by atoms with E-state index in [1.165, 1.54) is 41.1 Å². The van der Waals surface area contributed by atoms with E-state index in [-0.39, 0.29) is 0 Å². The molecule has 132 valence electrons. The highest BCUT2D eigenvalue weighted by molar-refractivity contribution is 7.98. The molecule has 0 atom stereocenters. The summed E-state index contributed by atoms with van der Waals surface area (Å²) in [6.07, 6.45) is 2.83. The Labute approximate surface area is 157 Å². The first-order chi connectivity index (χ1) is 12.5. The van der Waals surface area contributed by atoms with Crippen molar-refractivity contribution in [3.8, 4) is 5.75 Å². The summed E-state index contributed by atoms with van der Waals surface area (Å²) in [5.41, 5.74) is 1.01. The number of halogens is 1. The maximum absolute atomic E-state index is 11.4. The van der Waals surface area contributed by atoms with Crippen LogP contribution in [0.5, 0.6) is 5.75 Å². The van der Waals surface area contributed by atoms with Gasteiger partial charge in [0.05, 0.1) is 11.1 Å². The molecule has 0 aliphatic carbocycles. The van der Waals surface area contributed by atoms with Gasteiger partial charge in [0, 0.05) is 22.4 Å². The maximum Gasteiger partial charge on any atom is 0.262 e. The lowest BCUT2D eigenvalue weighted by Crippen LogP contribution is -1.99. The van der Waals surface area contributed by atoms with Crippen molar-refractivity contribution in [3.05, 3.63) is 75.1 Å². The van der Waals surface area contributed by atoms with E-state index in [1.54, 1.807) is 0 Å². The Balaban J connectivity index is 1.72. The highest BCUT2D eigenvalue weighted by atomic mass is 35.5. The van der Waals surface area contributed by atoms with Gasteiger partial charge in [-0.3, -0.25) is 10.1 Å². The van der Waals surface area contributed by atoms with Crippen molar-refractivity contribution in [2.75, 3.05) is 0 Å². The minimum Gasteiger partial charge on any atom is -0.868 e. The first-order valence-corrected chi connectivity index (χ1v) is 8.66. The lowest BCUT2D eigenvalue weighted by molar-refractivity contribution is -0.398. The zero-order valence-corrected chi connectivity index (χ0v) is 14.7. The van der Waals surface area contributed by atoms with Gasteiger partial charge in [-0.1, -0.05) is 47.6 Å². The van der Waals surface area contributed by atoms with Gasteiger partial charge in [-0.15, -0.1) is 10.2 Å². The van der Waals surface area contributed by atoms with Crippen molar-refractivity contribution in [2.45, 2.75) is 10.9 Å². The average molecular weight is 389 g/mol. The Morgan fingerprint density at radius 2 is 2.04 bits per heavy atom. The predicted octanol–water partition coefficient (Wildman–Crippen LogP) is 3.09. The third kappa shape index (κ3) is 4.38. The first kappa shape index (κ1) is 17.9. The molecule has 2 aromatic carbocycles. The summed E-state index contributed by atoms with van der Waals surface area (Å²) < 4.78 is 1.46. The molecule has 0 N–H and O–H groups in total. The minimum absolute atomic E-state index is 0.429. The number of hydrogen-bond acceptors (Lipinski definition) is 7. The van der Waals surface area contributed by atoms with E-state index in [0.717, 1.165) is 11.6 Å². The molecule has 1 aromatic heterocycles. The summed E-state index contributed by atoms with van der Waals surface area (Å²) >= 11 is 7.29. The second kappa shape index (κ2) is 7.98. The Morgan fingerprint density at radius 3 is 2.77 bits per heavy atom. The lowest BCUT2D eigenvalue weighted by Gasteiger charge is -2.06. The maximum atomic E-state index is 11.4. The van der Waals surface area contributed by atoms with Crippen LogP contribution < -0.4 is 5.11 Å². The molecule has 0 saturated carbocycles. The number of nitro benzene ring substituents is 1. The second-order valence-corrected chi connectivity index (χ2v) is 6.48. The smallest absolute Gasteiger partial charge is 0.262 e. The van der Waals surface area contributed by atoms with Crippen molar-refractivity contribution in [1.82, 2.24) is 14.9 Å². The predicted molar refractivity (Wildman–Crippen MR) is 96.6 cm³/mol. The summed E-state index contributed by atoms with van der Waals surface area (Å²) in [5.74, 6) is 0.0116. The number of hydrogen-bond donors (Lipinski definition) is 0. The molecule has 26 heavy (non-hydrogen) atoms. The van der Waals surface area contributed by atoms with E-state index >= 15 is 0 Å². The van der Waals surface area contributed by atoms with E-state index in [2.05, 4.69) is 15.3 Å². The average Bonchev–Trinajstić information content (AvgIpc) is 3.08. The van der Waals surface area contributed by atoms with Crippen molar-refractivity contribution in [3.63, 3.8) is 0 Å². The van der Waals surface area contributed by atoms with Crippen LogP contribution in [0.3, 0.4) is 0 Å². The van der Waals surface area contributed by atoms with Gasteiger partial charge in [0.2, 0.25) is 5.16 Å². The molecule has 0 aliphatic rings. The van der Waals surface area contributed by atoms with Crippen LogP contribution >= 0.6 is 23.4 Å². The van der Waals surface area contributed by atoms with E-state index in [1.807, 2.05) is 24.3 Å². The SMILES string of the molecule is O=[N+]([O-])c1cc(/C=N\n2cnnc2SCc2ccc(Cl)cc2)ccc1[O-]. The Kier molecular flexibility index (Phi) is 5.49. The number of aromatic nitrogens is 3. The van der Waals surface area contributed by atoms with Crippen LogP contribution in [0, 0.1) is 10.1 Å². The standard InChI is InChI=1S/C16H12ClN5O3S/c17-13-4-1-11(2-5-13)9-26-16-20-18-10-21(16)19-8-12-3-6-15(23)14(7-12)22(24)25/h1-8,10,23H,9H2/p-1/b19-8-. The van der Waals surface area contributed by atoms with E-state index < -0.39 is 16.4 Å². The van der Waals surface area contributed by atoms with Gasteiger partial charge in [-0.25, -0.2) is 0 Å². The van der Waals surface area contributed by atoms with Crippen LogP contribution in [0.2, 0.25) is 5.02 Å². The topological polar surface area (TPSA) is 109 Å². The highest BCUT2D eigenvalue weighted by Crippen LogP contribution is 2.24. The molecule has 1 heterocycles. The summed E-state index contributed by atoms with van der Waals surface area (Å²) in [7, 11) is 0. The Morgan fingerprint density at radius 1 is 1.27 bits per heavy atom. The summed E-state index contributed by atoms with van der Waals surface area (Å²) in [5, 5.41) is 35.5.